The summed E-state index contributed by atoms with van der Waals surface area (Å²) in [5, 5.41) is 14.9. The number of carbonyl (C=O) groups is 2. The van der Waals surface area contributed by atoms with Crippen LogP contribution in [0.1, 0.15) is 46.4 Å². The minimum absolute atomic E-state index is 0.00915. The highest BCUT2D eigenvalue weighted by atomic mass is 19.1. The lowest BCUT2D eigenvalue weighted by Gasteiger charge is -2.30. The first-order chi connectivity index (χ1) is 13.3. The molecule has 0 spiro atoms. The van der Waals surface area contributed by atoms with Crippen LogP contribution in [-0.4, -0.2) is 39.0 Å². The molecule has 1 unspecified atom stereocenters. The summed E-state index contributed by atoms with van der Waals surface area (Å²) in [6.07, 6.45) is 6.15. The summed E-state index contributed by atoms with van der Waals surface area (Å²) in [5.41, 5.74) is 11.5. The number of nitrogens with two attached hydrogens (primary N) is 2. The molecular weight excluding hydrogens is 367 g/mol. The molecule has 28 heavy (non-hydrogen) atoms. The van der Waals surface area contributed by atoms with Crippen molar-refractivity contribution in [3.05, 3.63) is 41.5 Å². The van der Waals surface area contributed by atoms with Crippen LogP contribution in [0.5, 0.6) is 0 Å². The number of amides is 1. The molecule has 1 aliphatic carbocycles. The molecule has 1 aliphatic rings. The maximum atomic E-state index is 14.5. The number of carboxylic acid groups (broad SMARTS) is 1. The number of rotatable bonds is 6. The van der Waals surface area contributed by atoms with Crippen molar-refractivity contribution in [2.75, 3.05) is 10.6 Å². The molecule has 0 aliphatic heterocycles. The van der Waals surface area contributed by atoms with E-state index in [-0.39, 0.29) is 40.5 Å². The standard InChI is InChI=1S/C18H21FN6O3/c19-12-6-11(15(21)26)16(23-10-5-9(18(27)28)7-22-8-10)25-17(12)24-14-4-2-1-3-13(14)20/h5-8,13-14H,1-4,20H2,(H2,21,26)(H,27,28)(H2,23,24,25)/t13-,14?/m0/s1. The van der Waals surface area contributed by atoms with Gasteiger partial charge in [-0.05, 0) is 25.0 Å². The Labute approximate surface area is 160 Å². The van der Waals surface area contributed by atoms with Crippen LogP contribution in [0.2, 0.25) is 0 Å². The van der Waals surface area contributed by atoms with Crippen molar-refractivity contribution in [2.24, 2.45) is 11.5 Å². The monoisotopic (exact) mass is 388 g/mol. The number of carboxylic acids is 1. The lowest BCUT2D eigenvalue weighted by atomic mass is 9.91. The first kappa shape index (κ1) is 19.5. The van der Waals surface area contributed by atoms with E-state index in [2.05, 4.69) is 20.6 Å². The third-order valence-corrected chi connectivity index (χ3v) is 4.63. The molecule has 2 heterocycles. The van der Waals surface area contributed by atoms with E-state index in [1.54, 1.807) is 0 Å². The van der Waals surface area contributed by atoms with Gasteiger partial charge < -0.3 is 27.2 Å². The Bertz CT molecular complexity index is 907. The van der Waals surface area contributed by atoms with E-state index in [4.69, 9.17) is 16.6 Å². The molecule has 0 bridgehead atoms. The van der Waals surface area contributed by atoms with Gasteiger partial charge in [-0.2, -0.15) is 0 Å². The van der Waals surface area contributed by atoms with Crippen molar-refractivity contribution in [3.8, 4) is 0 Å². The molecule has 0 radical (unpaired) electrons. The Kier molecular flexibility index (Phi) is 5.69. The Hall–Kier alpha value is -3.27. The Balaban J connectivity index is 1.93. The van der Waals surface area contributed by atoms with Gasteiger partial charge in [0.1, 0.15) is 5.82 Å². The molecule has 148 valence electrons. The van der Waals surface area contributed by atoms with Crippen LogP contribution in [0.15, 0.2) is 24.5 Å². The number of aromatic carboxylic acids is 1. The summed E-state index contributed by atoms with van der Waals surface area (Å²) in [5.74, 6) is -2.83. The highest BCUT2D eigenvalue weighted by Crippen LogP contribution is 2.26. The van der Waals surface area contributed by atoms with Crippen molar-refractivity contribution >= 4 is 29.2 Å². The second-order valence-electron chi connectivity index (χ2n) is 6.67. The van der Waals surface area contributed by atoms with Gasteiger partial charge >= 0.3 is 5.97 Å². The smallest absolute Gasteiger partial charge is 0.337 e. The highest BCUT2D eigenvalue weighted by molar-refractivity contribution is 5.98. The number of hydrogen-bond acceptors (Lipinski definition) is 7. The van der Waals surface area contributed by atoms with Crippen molar-refractivity contribution in [2.45, 2.75) is 37.8 Å². The highest BCUT2D eigenvalue weighted by Gasteiger charge is 2.24. The molecule has 3 rings (SSSR count). The first-order valence-corrected chi connectivity index (χ1v) is 8.83. The second kappa shape index (κ2) is 8.17. The number of nitrogens with zero attached hydrogens (tertiary/aromatic N) is 2. The lowest BCUT2D eigenvalue weighted by molar-refractivity contribution is 0.0696. The zero-order chi connectivity index (χ0) is 20.3. The minimum atomic E-state index is -1.16. The predicted octanol–water partition coefficient (Wildman–Crippen LogP) is 1.84. The number of primary amides is 1. The van der Waals surface area contributed by atoms with Gasteiger partial charge in [0.25, 0.3) is 5.91 Å². The predicted molar refractivity (Wildman–Crippen MR) is 101 cm³/mol. The zero-order valence-corrected chi connectivity index (χ0v) is 15.0. The maximum absolute atomic E-state index is 14.5. The van der Waals surface area contributed by atoms with Gasteiger partial charge in [-0.25, -0.2) is 14.2 Å². The van der Waals surface area contributed by atoms with Crippen molar-refractivity contribution in [1.29, 1.82) is 0 Å². The number of nitrogens with one attached hydrogen (secondary N) is 2. The zero-order valence-electron chi connectivity index (χ0n) is 15.0. The molecule has 1 fully saturated rings. The number of hydrogen-bond donors (Lipinski definition) is 5. The second-order valence-corrected chi connectivity index (χ2v) is 6.67. The first-order valence-electron chi connectivity index (χ1n) is 8.83. The topological polar surface area (TPSA) is 156 Å². The fourth-order valence-corrected chi connectivity index (χ4v) is 3.15. The van der Waals surface area contributed by atoms with Gasteiger partial charge in [0.2, 0.25) is 0 Å². The largest absolute Gasteiger partial charge is 0.478 e. The van der Waals surface area contributed by atoms with Crippen LogP contribution in [0.25, 0.3) is 0 Å². The summed E-state index contributed by atoms with van der Waals surface area (Å²) in [7, 11) is 0. The third-order valence-electron chi connectivity index (χ3n) is 4.63. The fraction of sp³-hybridized carbons (Fsp3) is 0.333. The average Bonchev–Trinajstić information content (AvgIpc) is 2.66. The average molecular weight is 388 g/mol. The van der Waals surface area contributed by atoms with Gasteiger partial charge in [-0.15, -0.1) is 0 Å². The van der Waals surface area contributed by atoms with E-state index in [0.717, 1.165) is 31.7 Å². The van der Waals surface area contributed by atoms with Gasteiger partial charge in [0, 0.05) is 18.3 Å². The van der Waals surface area contributed by atoms with Gasteiger partial charge in [0.15, 0.2) is 11.6 Å². The molecule has 0 aromatic carbocycles. The van der Waals surface area contributed by atoms with E-state index >= 15 is 0 Å². The van der Waals surface area contributed by atoms with Crippen molar-refractivity contribution in [3.63, 3.8) is 0 Å². The van der Waals surface area contributed by atoms with Crippen molar-refractivity contribution in [1.82, 2.24) is 9.97 Å². The van der Waals surface area contributed by atoms with Crippen LogP contribution in [0.4, 0.5) is 21.7 Å². The molecule has 0 saturated heterocycles. The molecule has 2 atom stereocenters. The Morgan fingerprint density at radius 3 is 2.61 bits per heavy atom. The summed E-state index contributed by atoms with van der Waals surface area (Å²) < 4.78 is 14.5. The van der Waals surface area contributed by atoms with E-state index in [0.29, 0.717) is 0 Å². The molecule has 9 nitrogen and oxygen atoms in total. The minimum Gasteiger partial charge on any atom is -0.478 e. The van der Waals surface area contributed by atoms with Crippen molar-refractivity contribution < 1.29 is 19.1 Å². The fourth-order valence-electron chi connectivity index (χ4n) is 3.15. The van der Waals surface area contributed by atoms with Crippen LogP contribution in [0.3, 0.4) is 0 Å². The summed E-state index contributed by atoms with van der Waals surface area (Å²) in [6.45, 7) is 0. The molecule has 1 amide bonds. The quantitative estimate of drug-likeness (QED) is 0.502. The van der Waals surface area contributed by atoms with Gasteiger partial charge in [-0.3, -0.25) is 9.78 Å². The molecule has 2 aromatic heterocycles. The number of carbonyl (C=O) groups excluding carboxylic acids is 1. The SMILES string of the molecule is NC(=O)c1cc(F)c(NC2CCCC[C@@H]2N)nc1Nc1cncc(C(=O)O)c1. The Morgan fingerprint density at radius 1 is 1.18 bits per heavy atom. The van der Waals surface area contributed by atoms with E-state index in [9.17, 15) is 14.0 Å². The summed E-state index contributed by atoms with van der Waals surface area (Å²) in [4.78, 5) is 30.8. The number of halogens is 1. The van der Waals surface area contributed by atoms with Gasteiger partial charge in [-0.1, -0.05) is 12.8 Å². The molecule has 7 N–H and O–H groups in total. The summed E-state index contributed by atoms with van der Waals surface area (Å²) >= 11 is 0. The van der Waals surface area contributed by atoms with E-state index in [1.165, 1.54) is 18.5 Å². The molecule has 2 aromatic rings. The summed E-state index contributed by atoms with van der Waals surface area (Å²) in [6, 6.07) is 2.04. The van der Waals surface area contributed by atoms with Gasteiger partial charge in [0.05, 0.1) is 23.0 Å². The van der Waals surface area contributed by atoms with E-state index in [1.807, 2.05) is 0 Å². The van der Waals surface area contributed by atoms with Crippen LogP contribution in [-0.2, 0) is 0 Å². The van der Waals surface area contributed by atoms with Crippen LogP contribution >= 0.6 is 0 Å². The lowest BCUT2D eigenvalue weighted by Crippen LogP contribution is -2.43. The maximum Gasteiger partial charge on any atom is 0.337 e. The Morgan fingerprint density at radius 2 is 1.93 bits per heavy atom. The number of aromatic nitrogens is 2. The molecule has 10 heteroatoms. The third kappa shape index (κ3) is 4.34. The molecule has 1 saturated carbocycles. The number of pyridine rings is 2. The van der Waals surface area contributed by atoms with Crippen LogP contribution in [0, 0.1) is 5.82 Å². The number of anilines is 3. The molecular formula is C18H21FN6O3. The van der Waals surface area contributed by atoms with E-state index < -0.39 is 17.7 Å². The normalized spacial score (nSPS) is 19.1. The van der Waals surface area contributed by atoms with Crippen LogP contribution < -0.4 is 22.1 Å².